The molecule has 1 aromatic rings. The zero-order valence-corrected chi connectivity index (χ0v) is 11.6. The maximum Gasteiger partial charge on any atom is 0.224 e. The summed E-state index contributed by atoms with van der Waals surface area (Å²) in [5.74, 6) is 0.253. The Bertz CT molecular complexity index is 393. The van der Waals surface area contributed by atoms with Gasteiger partial charge in [0.1, 0.15) is 0 Å². The van der Waals surface area contributed by atoms with E-state index in [-0.39, 0.29) is 17.9 Å². The van der Waals surface area contributed by atoms with E-state index in [1.807, 2.05) is 19.1 Å². The smallest absolute Gasteiger partial charge is 0.224 e. The molecule has 0 aliphatic carbocycles. The summed E-state index contributed by atoms with van der Waals surface area (Å²) in [7, 11) is 0. The topological polar surface area (TPSA) is 49.3 Å². The fourth-order valence-electron chi connectivity index (χ4n) is 1.85. The van der Waals surface area contributed by atoms with Crippen molar-refractivity contribution in [3.63, 3.8) is 0 Å². The van der Waals surface area contributed by atoms with E-state index >= 15 is 0 Å². The number of rotatable bonds is 6. The Morgan fingerprint density at radius 2 is 2.17 bits per heavy atom. The van der Waals surface area contributed by atoms with E-state index < -0.39 is 0 Å². The zero-order valence-electron chi connectivity index (χ0n) is 10.8. The van der Waals surface area contributed by atoms with Crippen molar-refractivity contribution in [2.45, 2.75) is 32.8 Å². The van der Waals surface area contributed by atoms with Gasteiger partial charge in [0.25, 0.3) is 0 Å². The Balaban J connectivity index is 2.34. The van der Waals surface area contributed by atoms with Crippen LogP contribution in [0.1, 0.15) is 25.8 Å². The van der Waals surface area contributed by atoms with E-state index in [4.69, 9.17) is 11.6 Å². The summed E-state index contributed by atoms with van der Waals surface area (Å²) in [5.41, 5.74) is 0.906. The minimum Gasteiger partial charge on any atom is -0.393 e. The first kappa shape index (κ1) is 15.0. The second kappa shape index (κ2) is 7.39. The lowest BCUT2D eigenvalue weighted by molar-refractivity contribution is -0.120. The van der Waals surface area contributed by atoms with Gasteiger partial charge in [0.2, 0.25) is 5.91 Å². The molecule has 0 fully saturated rings. The van der Waals surface area contributed by atoms with Crippen LogP contribution in [0, 0.1) is 5.92 Å². The van der Waals surface area contributed by atoms with Gasteiger partial charge in [-0.05, 0) is 37.0 Å². The first-order chi connectivity index (χ1) is 8.47. The van der Waals surface area contributed by atoms with Crippen LogP contribution >= 0.6 is 11.6 Å². The Morgan fingerprint density at radius 1 is 1.44 bits per heavy atom. The number of hydrogen-bond acceptors (Lipinski definition) is 2. The summed E-state index contributed by atoms with van der Waals surface area (Å²) in [6.07, 6.45) is 0.698. The van der Waals surface area contributed by atoms with Crippen LogP contribution in [0.4, 0.5) is 0 Å². The summed E-state index contributed by atoms with van der Waals surface area (Å²) in [6, 6.07) is 7.29. The third kappa shape index (κ3) is 6.03. The van der Waals surface area contributed by atoms with Crippen molar-refractivity contribution in [2.24, 2.45) is 5.92 Å². The summed E-state index contributed by atoms with van der Waals surface area (Å²) in [5, 5.41) is 12.7. The van der Waals surface area contributed by atoms with Gasteiger partial charge in [-0.3, -0.25) is 4.79 Å². The van der Waals surface area contributed by atoms with Crippen LogP contribution < -0.4 is 5.32 Å². The third-order valence-corrected chi connectivity index (χ3v) is 2.88. The minimum absolute atomic E-state index is 0.0188. The van der Waals surface area contributed by atoms with Gasteiger partial charge < -0.3 is 10.4 Å². The first-order valence-electron chi connectivity index (χ1n) is 6.16. The van der Waals surface area contributed by atoms with Crippen molar-refractivity contribution in [3.05, 3.63) is 34.9 Å². The number of carbonyl (C=O) groups is 1. The molecule has 0 aliphatic heterocycles. The van der Waals surface area contributed by atoms with Crippen molar-refractivity contribution in [2.75, 3.05) is 6.54 Å². The highest BCUT2D eigenvalue weighted by Crippen LogP contribution is 2.11. The van der Waals surface area contributed by atoms with Crippen LogP contribution in [0.25, 0.3) is 0 Å². The Kier molecular flexibility index (Phi) is 6.16. The summed E-state index contributed by atoms with van der Waals surface area (Å²) >= 11 is 5.85. The van der Waals surface area contributed by atoms with Crippen LogP contribution in [0.5, 0.6) is 0 Å². The van der Waals surface area contributed by atoms with E-state index in [9.17, 15) is 9.90 Å². The molecule has 0 spiro atoms. The molecule has 100 valence electrons. The second-order valence-corrected chi connectivity index (χ2v) is 5.24. The molecule has 0 aliphatic rings. The van der Waals surface area contributed by atoms with Gasteiger partial charge >= 0.3 is 0 Å². The van der Waals surface area contributed by atoms with Crippen molar-refractivity contribution in [1.82, 2.24) is 5.32 Å². The van der Waals surface area contributed by atoms with Crippen molar-refractivity contribution in [3.8, 4) is 0 Å². The molecule has 1 aromatic carbocycles. The molecule has 4 heteroatoms. The van der Waals surface area contributed by atoms with Crippen LogP contribution in [-0.4, -0.2) is 23.7 Å². The Morgan fingerprint density at radius 3 is 2.78 bits per heavy atom. The van der Waals surface area contributed by atoms with Crippen LogP contribution in [-0.2, 0) is 11.2 Å². The molecule has 0 bridgehead atoms. The molecule has 2 N–H and O–H groups in total. The molecule has 0 saturated heterocycles. The van der Waals surface area contributed by atoms with E-state index in [2.05, 4.69) is 5.32 Å². The molecule has 3 nitrogen and oxygen atoms in total. The quantitative estimate of drug-likeness (QED) is 0.833. The molecular formula is C14H20ClNO2. The summed E-state index contributed by atoms with van der Waals surface area (Å²) in [4.78, 5) is 11.7. The van der Waals surface area contributed by atoms with Gasteiger partial charge in [0.05, 0.1) is 12.5 Å². The number of aliphatic hydroxyl groups excluding tert-OH is 1. The lowest BCUT2D eigenvalue weighted by Gasteiger charge is -2.14. The number of amides is 1. The normalized spacial score (nSPS) is 14.0. The fraction of sp³-hybridized carbons (Fsp3) is 0.500. The molecule has 18 heavy (non-hydrogen) atoms. The number of nitrogens with one attached hydrogen (secondary N) is 1. The second-order valence-electron chi connectivity index (χ2n) is 4.80. The number of hydrogen-bond donors (Lipinski definition) is 2. The molecule has 2 atom stereocenters. The van der Waals surface area contributed by atoms with E-state index in [0.29, 0.717) is 24.4 Å². The lowest BCUT2D eigenvalue weighted by Crippen LogP contribution is -2.30. The SMILES string of the molecule is CC(O)CC(C)CNC(=O)Cc1cccc(Cl)c1. The molecule has 0 radical (unpaired) electrons. The van der Waals surface area contributed by atoms with Crippen molar-refractivity contribution < 1.29 is 9.90 Å². The van der Waals surface area contributed by atoms with Crippen molar-refractivity contribution >= 4 is 17.5 Å². The van der Waals surface area contributed by atoms with E-state index in [0.717, 1.165) is 5.56 Å². The highest BCUT2D eigenvalue weighted by molar-refractivity contribution is 6.30. The number of aliphatic hydroxyl groups is 1. The highest BCUT2D eigenvalue weighted by atomic mass is 35.5. The van der Waals surface area contributed by atoms with Crippen LogP contribution in [0.2, 0.25) is 5.02 Å². The maximum absolute atomic E-state index is 11.7. The molecular weight excluding hydrogens is 250 g/mol. The average Bonchev–Trinajstić information content (AvgIpc) is 2.25. The standard InChI is InChI=1S/C14H20ClNO2/c1-10(6-11(2)17)9-16-14(18)8-12-4-3-5-13(15)7-12/h3-5,7,10-11,17H,6,8-9H2,1-2H3,(H,16,18). The Labute approximate surface area is 113 Å². The molecule has 2 unspecified atom stereocenters. The zero-order chi connectivity index (χ0) is 13.5. The minimum atomic E-state index is -0.329. The van der Waals surface area contributed by atoms with Gasteiger partial charge in [-0.25, -0.2) is 0 Å². The monoisotopic (exact) mass is 269 g/mol. The van der Waals surface area contributed by atoms with E-state index in [1.54, 1.807) is 19.1 Å². The lowest BCUT2D eigenvalue weighted by atomic mass is 10.0. The predicted octanol–water partition coefficient (Wildman–Crippen LogP) is 2.41. The average molecular weight is 270 g/mol. The van der Waals surface area contributed by atoms with Gasteiger partial charge in [-0.2, -0.15) is 0 Å². The summed E-state index contributed by atoms with van der Waals surface area (Å²) < 4.78 is 0. The van der Waals surface area contributed by atoms with Crippen molar-refractivity contribution in [1.29, 1.82) is 0 Å². The number of carbonyl (C=O) groups excluding carboxylic acids is 1. The predicted molar refractivity (Wildman–Crippen MR) is 73.6 cm³/mol. The fourth-order valence-corrected chi connectivity index (χ4v) is 2.06. The van der Waals surface area contributed by atoms with Gasteiger partial charge in [0, 0.05) is 11.6 Å². The molecule has 1 rings (SSSR count). The molecule has 0 aromatic heterocycles. The number of benzene rings is 1. The van der Waals surface area contributed by atoms with E-state index in [1.165, 1.54) is 0 Å². The maximum atomic E-state index is 11.7. The molecule has 0 heterocycles. The summed E-state index contributed by atoms with van der Waals surface area (Å²) in [6.45, 7) is 4.35. The van der Waals surface area contributed by atoms with Gasteiger partial charge in [-0.15, -0.1) is 0 Å². The van der Waals surface area contributed by atoms with Gasteiger partial charge in [-0.1, -0.05) is 30.7 Å². The number of halogens is 1. The first-order valence-corrected chi connectivity index (χ1v) is 6.54. The highest BCUT2D eigenvalue weighted by Gasteiger charge is 2.09. The molecule has 1 amide bonds. The van der Waals surface area contributed by atoms with Crippen LogP contribution in [0.15, 0.2) is 24.3 Å². The third-order valence-electron chi connectivity index (χ3n) is 2.64. The molecule has 0 saturated carbocycles. The Hall–Kier alpha value is -1.06. The van der Waals surface area contributed by atoms with Crippen LogP contribution in [0.3, 0.4) is 0 Å². The largest absolute Gasteiger partial charge is 0.393 e. The van der Waals surface area contributed by atoms with Gasteiger partial charge in [0.15, 0.2) is 0 Å².